The van der Waals surface area contributed by atoms with Crippen LogP contribution in [-0.4, -0.2) is 15.0 Å². The highest BCUT2D eigenvalue weighted by molar-refractivity contribution is 7.91. The van der Waals surface area contributed by atoms with Crippen molar-refractivity contribution in [2.45, 2.75) is 35.0 Å². The monoisotopic (exact) mass is 301 g/mol. The molecular formula is C17H19NO2S. The van der Waals surface area contributed by atoms with Gasteiger partial charge in [-0.3, -0.25) is 0 Å². The quantitative estimate of drug-likeness (QED) is 0.944. The molecule has 0 heterocycles. The number of benzene rings is 2. The highest BCUT2D eigenvalue weighted by Gasteiger charge is 2.25. The van der Waals surface area contributed by atoms with Crippen molar-refractivity contribution in [3.8, 4) is 0 Å². The standard InChI is InChI=1S/C17H19NO2S/c18-11-10-13-6-7-14-12-16(8-9-17(13)14)21(19,20)15-4-2-1-3-5-15/h1-5,8-9,12-13H,6-7,10-11,18H2. The number of hydrogen-bond donors (Lipinski definition) is 1. The van der Waals surface area contributed by atoms with Crippen LogP contribution >= 0.6 is 0 Å². The fourth-order valence-corrected chi connectivity index (χ4v) is 4.42. The van der Waals surface area contributed by atoms with Crippen molar-refractivity contribution >= 4 is 9.84 Å². The van der Waals surface area contributed by atoms with Gasteiger partial charge in [-0.1, -0.05) is 24.3 Å². The van der Waals surface area contributed by atoms with Gasteiger partial charge in [0, 0.05) is 0 Å². The lowest BCUT2D eigenvalue weighted by Crippen LogP contribution is -2.05. The Morgan fingerprint density at radius 2 is 1.81 bits per heavy atom. The van der Waals surface area contributed by atoms with Gasteiger partial charge in [-0.15, -0.1) is 0 Å². The van der Waals surface area contributed by atoms with E-state index in [1.165, 1.54) is 5.56 Å². The number of rotatable bonds is 4. The molecule has 1 aliphatic rings. The van der Waals surface area contributed by atoms with E-state index in [0.717, 1.165) is 24.8 Å². The highest BCUT2D eigenvalue weighted by Crippen LogP contribution is 2.37. The molecule has 21 heavy (non-hydrogen) atoms. The normalized spacial score (nSPS) is 17.7. The molecule has 2 N–H and O–H groups in total. The topological polar surface area (TPSA) is 60.2 Å². The zero-order chi connectivity index (χ0) is 14.9. The fraction of sp³-hybridized carbons (Fsp3) is 0.294. The second-order valence-electron chi connectivity index (χ2n) is 5.49. The SMILES string of the molecule is NCCC1CCc2cc(S(=O)(=O)c3ccccc3)ccc21. The van der Waals surface area contributed by atoms with Crippen molar-refractivity contribution in [1.29, 1.82) is 0 Å². The third-order valence-electron chi connectivity index (χ3n) is 4.20. The third-order valence-corrected chi connectivity index (χ3v) is 5.96. The largest absolute Gasteiger partial charge is 0.330 e. The van der Waals surface area contributed by atoms with Gasteiger partial charge in [-0.05, 0) is 67.1 Å². The van der Waals surface area contributed by atoms with Crippen LogP contribution in [0.4, 0.5) is 0 Å². The molecule has 1 atom stereocenters. The Balaban J connectivity index is 1.99. The molecule has 1 aliphatic carbocycles. The van der Waals surface area contributed by atoms with Crippen LogP contribution < -0.4 is 5.73 Å². The summed E-state index contributed by atoms with van der Waals surface area (Å²) in [6, 6.07) is 14.1. The number of nitrogens with two attached hydrogens (primary N) is 1. The van der Waals surface area contributed by atoms with E-state index in [0.29, 0.717) is 22.3 Å². The lowest BCUT2D eigenvalue weighted by Gasteiger charge is -2.11. The van der Waals surface area contributed by atoms with Crippen molar-refractivity contribution in [1.82, 2.24) is 0 Å². The van der Waals surface area contributed by atoms with E-state index in [1.807, 2.05) is 18.2 Å². The summed E-state index contributed by atoms with van der Waals surface area (Å²) in [4.78, 5) is 0.738. The predicted molar refractivity (Wildman–Crippen MR) is 83.1 cm³/mol. The molecule has 3 nitrogen and oxygen atoms in total. The number of aryl methyl sites for hydroxylation is 1. The number of hydrogen-bond acceptors (Lipinski definition) is 3. The third kappa shape index (κ3) is 2.61. The summed E-state index contributed by atoms with van der Waals surface area (Å²) in [7, 11) is -3.42. The van der Waals surface area contributed by atoms with Crippen LogP contribution in [-0.2, 0) is 16.3 Å². The molecule has 1 unspecified atom stereocenters. The van der Waals surface area contributed by atoms with Gasteiger partial charge in [-0.2, -0.15) is 0 Å². The molecule has 0 spiro atoms. The minimum Gasteiger partial charge on any atom is -0.330 e. The maximum atomic E-state index is 12.6. The average molecular weight is 301 g/mol. The highest BCUT2D eigenvalue weighted by atomic mass is 32.2. The molecule has 0 saturated heterocycles. The van der Waals surface area contributed by atoms with E-state index in [-0.39, 0.29) is 0 Å². The maximum absolute atomic E-state index is 12.6. The first-order valence-electron chi connectivity index (χ1n) is 7.26. The van der Waals surface area contributed by atoms with Gasteiger partial charge >= 0.3 is 0 Å². The summed E-state index contributed by atoms with van der Waals surface area (Å²) in [5.74, 6) is 0.485. The van der Waals surface area contributed by atoms with Gasteiger partial charge in [-0.25, -0.2) is 8.42 Å². The first-order chi connectivity index (χ1) is 10.1. The van der Waals surface area contributed by atoms with Crippen LogP contribution in [0.15, 0.2) is 58.3 Å². The Kier molecular flexibility index (Phi) is 3.83. The summed E-state index contributed by atoms with van der Waals surface area (Å²) in [5.41, 5.74) is 8.07. The summed E-state index contributed by atoms with van der Waals surface area (Å²) in [6.45, 7) is 0.675. The minimum atomic E-state index is -3.42. The summed E-state index contributed by atoms with van der Waals surface area (Å²) in [6.07, 6.45) is 2.98. The molecule has 0 saturated carbocycles. The molecule has 4 heteroatoms. The van der Waals surface area contributed by atoms with Gasteiger partial charge in [0.05, 0.1) is 9.79 Å². The van der Waals surface area contributed by atoms with Gasteiger partial charge in [0.2, 0.25) is 9.84 Å². The zero-order valence-corrected chi connectivity index (χ0v) is 12.6. The summed E-state index contributed by atoms with van der Waals surface area (Å²) < 4.78 is 25.2. The fourth-order valence-electron chi connectivity index (χ4n) is 3.09. The molecule has 3 rings (SSSR count). The van der Waals surface area contributed by atoms with Crippen molar-refractivity contribution in [3.05, 3.63) is 59.7 Å². The Hall–Kier alpha value is -1.65. The van der Waals surface area contributed by atoms with Gasteiger partial charge in [0.25, 0.3) is 0 Å². The molecule has 0 radical (unpaired) electrons. The Morgan fingerprint density at radius 3 is 2.52 bits per heavy atom. The van der Waals surface area contributed by atoms with Crippen LogP contribution in [0.2, 0.25) is 0 Å². The second kappa shape index (κ2) is 5.62. The predicted octanol–water partition coefficient (Wildman–Crippen LogP) is 2.90. The molecular weight excluding hydrogens is 282 g/mol. The molecule has 2 aromatic carbocycles. The van der Waals surface area contributed by atoms with E-state index < -0.39 is 9.84 Å². The van der Waals surface area contributed by atoms with Crippen LogP contribution in [0, 0.1) is 0 Å². The molecule has 0 bridgehead atoms. The van der Waals surface area contributed by atoms with E-state index in [1.54, 1.807) is 30.3 Å². The van der Waals surface area contributed by atoms with E-state index >= 15 is 0 Å². The van der Waals surface area contributed by atoms with Crippen molar-refractivity contribution in [2.24, 2.45) is 5.73 Å². The number of sulfone groups is 1. The van der Waals surface area contributed by atoms with Crippen LogP contribution in [0.3, 0.4) is 0 Å². The lowest BCUT2D eigenvalue weighted by molar-refractivity contribution is 0.596. The second-order valence-corrected chi connectivity index (χ2v) is 7.44. The smallest absolute Gasteiger partial charge is 0.206 e. The van der Waals surface area contributed by atoms with Crippen molar-refractivity contribution in [3.63, 3.8) is 0 Å². The van der Waals surface area contributed by atoms with E-state index in [9.17, 15) is 8.42 Å². The summed E-state index contributed by atoms with van der Waals surface area (Å²) >= 11 is 0. The molecule has 110 valence electrons. The molecule has 2 aromatic rings. The minimum absolute atomic E-state index is 0.349. The van der Waals surface area contributed by atoms with Crippen LogP contribution in [0.25, 0.3) is 0 Å². The van der Waals surface area contributed by atoms with Crippen LogP contribution in [0.5, 0.6) is 0 Å². The molecule has 0 aromatic heterocycles. The van der Waals surface area contributed by atoms with Gasteiger partial charge in [0.15, 0.2) is 0 Å². The average Bonchev–Trinajstić information content (AvgIpc) is 2.91. The lowest BCUT2D eigenvalue weighted by atomic mass is 9.98. The maximum Gasteiger partial charge on any atom is 0.206 e. The Morgan fingerprint density at radius 1 is 1.05 bits per heavy atom. The number of fused-ring (bicyclic) bond motifs is 1. The van der Waals surface area contributed by atoms with E-state index in [4.69, 9.17) is 5.73 Å². The Labute approximate surface area is 125 Å². The zero-order valence-electron chi connectivity index (χ0n) is 11.8. The van der Waals surface area contributed by atoms with E-state index in [2.05, 4.69) is 0 Å². The molecule has 0 amide bonds. The molecule has 0 aliphatic heterocycles. The van der Waals surface area contributed by atoms with Gasteiger partial charge < -0.3 is 5.73 Å². The molecule has 0 fully saturated rings. The van der Waals surface area contributed by atoms with Gasteiger partial charge in [0.1, 0.15) is 0 Å². The summed E-state index contributed by atoms with van der Waals surface area (Å²) in [5, 5.41) is 0. The first kappa shape index (κ1) is 14.3. The Bertz CT molecular complexity index is 739. The van der Waals surface area contributed by atoms with Crippen LogP contribution in [0.1, 0.15) is 29.9 Å². The van der Waals surface area contributed by atoms with Crippen molar-refractivity contribution < 1.29 is 8.42 Å². The first-order valence-corrected chi connectivity index (χ1v) is 8.74. The van der Waals surface area contributed by atoms with Crippen molar-refractivity contribution in [2.75, 3.05) is 6.54 Å².